The molecule has 0 radical (unpaired) electrons. The van der Waals surface area contributed by atoms with Crippen LogP contribution in [0.4, 0.5) is 6.01 Å². The lowest BCUT2D eigenvalue weighted by atomic mass is 9.82. The first kappa shape index (κ1) is 13.3. The Balaban J connectivity index is 1.75. The van der Waals surface area contributed by atoms with Crippen LogP contribution in [0.5, 0.6) is 0 Å². The first-order valence-corrected chi connectivity index (χ1v) is 6.75. The highest BCUT2D eigenvalue weighted by Gasteiger charge is 2.22. The average molecular weight is 252 g/mol. The lowest BCUT2D eigenvalue weighted by molar-refractivity contribution is 0.273. The molecular weight excluding hydrogens is 228 g/mol. The molecule has 0 aliphatic heterocycles. The topological polar surface area (TPSA) is 63.0 Å². The highest BCUT2D eigenvalue weighted by molar-refractivity contribution is 5.17. The lowest BCUT2D eigenvalue weighted by Crippen LogP contribution is -2.24. The monoisotopic (exact) mass is 252 g/mol. The summed E-state index contributed by atoms with van der Waals surface area (Å²) in [5, 5.41) is 14.6. The molecule has 0 amide bonds. The summed E-state index contributed by atoms with van der Waals surface area (Å²) in [6, 6.07) is 1.19. The number of nitrogens with one attached hydrogen (secondary N) is 2. The third-order valence-electron chi connectivity index (χ3n) is 3.62. The van der Waals surface area contributed by atoms with E-state index in [9.17, 15) is 0 Å². The van der Waals surface area contributed by atoms with E-state index in [4.69, 9.17) is 4.42 Å². The van der Waals surface area contributed by atoms with Crippen LogP contribution in [-0.4, -0.2) is 22.8 Å². The standard InChI is InChI=1S/C13H24N4O/c1-9(13(2,3)4)7-15-12-17-16-11(18-12)8-14-10-5-6-10/h9-10,14H,5-8H2,1-4H3,(H,15,17). The van der Waals surface area contributed by atoms with E-state index in [1.165, 1.54) is 12.8 Å². The van der Waals surface area contributed by atoms with Crippen molar-refractivity contribution in [3.8, 4) is 0 Å². The Kier molecular flexibility index (Phi) is 3.90. The fourth-order valence-electron chi connectivity index (χ4n) is 1.46. The van der Waals surface area contributed by atoms with Crippen LogP contribution in [-0.2, 0) is 6.54 Å². The first-order chi connectivity index (χ1) is 8.45. The molecule has 102 valence electrons. The van der Waals surface area contributed by atoms with Gasteiger partial charge in [-0.05, 0) is 24.2 Å². The minimum atomic E-state index is 0.281. The molecule has 5 heteroatoms. The van der Waals surface area contributed by atoms with E-state index >= 15 is 0 Å². The summed E-state index contributed by atoms with van der Waals surface area (Å²) in [5.74, 6) is 1.20. The fourth-order valence-corrected chi connectivity index (χ4v) is 1.46. The zero-order valence-corrected chi connectivity index (χ0v) is 11.8. The molecule has 1 atom stereocenters. The van der Waals surface area contributed by atoms with Crippen molar-refractivity contribution in [2.75, 3.05) is 11.9 Å². The van der Waals surface area contributed by atoms with E-state index in [-0.39, 0.29) is 5.41 Å². The van der Waals surface area contributed by atoms with Crippen LogP contribution in [0.15, 0.2) is 4.42 Å². The number of rotatable bonds is 6. The van der Waals surface area contributed by atoms with E-state index in [1.54, 1.807) is 0 Å². The zero-order chi connectivity index (χ0) is 13.2. The van der Waals surface area contributed by atoms with Gasteiger partial charge in [-0.15, -0.1) is 5.10 Å². The Morgan fingerprint density at radius 1 is 1.33 bits per heavy atom. The SMILES string of the molecule is CC(CNc1nnc(CNC2CC2)o1)C(C)(C)C. The Morgan fingerprint density at radius 2 is 2.06 bits per heavy atom. The van der Waals surface area contributed by atoms with Gasteiger partial charge in [0.15, 0.2) is 0 Å². The normalized spacial score (nSPS) is 17.8. The van der Waals surface area contributed by atoms with Crippen LogP contribution in [0.25, 0.3) is 0 Å². The largest absolute Gasteiger partial charge is 0.407 e. The van der Waals surface area contributed by atoms with Crippen molar-refractivity contribution in [1.82, 2.24) is 15.5 Å². The summed E-state index contributed by atoms with van der Waals surface area (Å²) in [4.78, 5) is 0. The van der Waals surface area contributed by atoms with Crippen molar-refractivity contribution in [1.29, 1.82) is 0 Å². The predicted molar refractivity (Wildman–Crippen MR) is 71.3 cm³/mol. The number of hydrogen-bond donors (Lipinski definition) is 2. The Hall–Kier alpha value is -1.10. The molecule has 0 spiro atoms. The number of aromatic nitrogens is 2. The summed E-state index contributed by atoms with van der Waals surface area (Å²) in [6.45, 7) is 10.4. The molecule has 1 aliphatic carbocycles. The van der Waals surface area contributed by atoms with Gasteiger partial charge in [0.25, 0.3) is 0 Å². The second kappa shape index (κ2) is 5.26. The van der Waals surface area contributed by atoms with Gasteiger partial charge in [0.05, 0.1) is 6.54 Å². The minimum Gasteiger partial charge on any atom is -0.407 e. The summed E-state index contributed by atoms with van der Waals surface area (Å²) in [5.41, 5.74) is 0.281. The molecular formula is C13H24N4O. The van der Waals surface area contributed by atoms with E-state index in [2.05, 4.69) is 48.5 Å². The fraction of sp³-hybridized carbons (Fsp3) is 0.846. The smallest absolute Gasteiger partial charge is 0.315 e. The van der Waals surface area contributed by atoms with Gasteiger partial charge in [-0.25, -0.2) is 0 Å². The van der Waals surface area contributed by atoms with E-state index in [0.29, 0.717) is 30.4 Å². The molecule has 1 aromatic rings. The van der Waals surface area contributed by atoms with Crippen molar-refractivity contribution >= 4 is 6.01 Å². The summed E-state index contributed by atoms with van der Waals surface area (Å²) in [6.07, 6.45) is 2.53. The number of hydrogen-bond acceptors (Lipinski definition) is 5. The molecule has 2 N–H and O–H groups in total. The van der Waals surface area contributed by atoms with Gasteiger partial charge < -0.3 is 15.1 Å². The lowest BCUT2D eigenvalue weighted by Gasteiger charge is -2.26. The number of nitrogens with zero attached hydrogens (tertiary/aromatic N) is 2. The van der Waals surface area contributed by atoms with Gasteiger partial charge in [-0.2, -0.15) is 0 Å². The maximum Gasteiger partial charge on any atom is 0.315 e. The zero-order valence-electron chi connectivity index (χ0n) is 11.8. The van der Waals surface area contributed by atoms with Crippen LogP contribution >= 0.6 is 0 Å². The second-order valence-electron chi connectivity index (χ2n) is 6.30. The molecule has 1 unspecified atom stereocenters. The van der Waals surface area contributed by atoms with Crippen LogP contribution < -0.4 is 10.6 Å². The van der Waals surface area contributed by atoms with Crippen molar-refractivity contribution in [3.63, 3.8) is 0 Å². The van der Waals surface area contributed by atoms with Gasteiger partial charge >= 0.3 is 6.01 Å². The third kappa shape index (κ3) is 3.98. The summed E-state index contributed by atoms with van der Waals surface area (Å²) in [7, 11) is 0. The summed E-state index contributed by atoms with van der Waals surface area (Å²) >= 11 is 0. The molecule has 1 aliphatic rings. The first-order valence-electron chi connectivity index (χ1n) is 6.75. The Morgan fingerprint density at radius 3 is 2.67 bits per heavy atom. The molecule has 1 heterocycles. The van der Waals surface area contributed by atoms with Crippen LogP contribution in [0.2, 0.25) is 0 Å². The number of anilines is 1. The summed E-state index contributed by atoms with van der Waals surface area (Å²) < 4.78 is 5.53. The molecule has 1 saturated carbocycles. The van der Waals surface area contributed by atoms with Crippen LogP contribution in [0, 0.1) is 11.3 Å². The van der Waals surface area contributed by atoms with Crippen molar-refractivity contribution in [2.24, 2.45) is 11.3 Å². The molecule has 0 aromatic carbocycles. The third-order valence-corrected chi connectivity index (χ3v) is 3.62. The van der Waals surface area contributed by atoms with E-state index < -0.39 is 0 Å². The maximum absolute atomic E-state index is 5.53. The average Bonchev–Trinajstić information content (AvgIpc) is 3.01. The van der Waals surface area contributed by atoms with Gasteiger partial charge in [0.2, 0.25) is 5.89 Å². The predicted octanol–water partition coefficient (Wildman–Crippen LogP) is 2.42. The quantitative estimate of drug-likeness (QED) is 0.814. The molecule has 0 bridgehead atoms. The second-order valence-corrected chi connectivity index (χ2v) is 6.30. The Labute approximate surface area is 109 Å². The molecule has 2 rings (SSSR count). The van der Waals surface area contributed by atoms with Crippen LogP contribution in [0.1, 0.15) is 46.4 Å². The van der Waals surface area contributed by atoms with Crippen molar-refractivity contribution in [3.05, 3.63) is 5.89 Å². The van der Waals surface area contributed by atoms with E-state index in [0.717, 1.165) is 6.54 Å². The highest BCUT2D eigenvalue weighted by atomic mass is 16.4. The van der Waals surface area contributed by atoms with Crippen molar-refractivity contribution < 1.29 is 4.42 Å². The Bertz CT molecular complexity index is 379. The van der Waals surface area contributed by atoms with Crippen LogP contribution in [0.3, 0.4) is 0 Å². The van der Waals surface area contributed by atoms with Crippen molar-refractivity contribution in [2.45, 2.75) is 53.1 Å². The molecule has 18 heavy (non-hydrogen) atoms. The van der Waals surface area contributed by atoms with Gasteiger partial charge in [-0.3, -0.25) is 0 Å². The molecule has 1 aromatic heterocycles. The molecule has 5 nitrogen and oxygen atoms in total. The highest BCUT2D eigenvalue weighted by Crippen LogP contribution is 2.25. The minimum absolute atomic E-state index is 0.281. The molecule has 1 fully saturated rings. The maximum atomic E-state index is 5.53. The van der Waals surface area contributed by atoms with Gasteiger partial charge in [0, 0.05) is 12.6 Å². The van der Waals surface area contributed by atoms with E-state index in [1.807, 2.05) is 0 Å². The molecule has 0 saturated heterocycles. The van der Waals surface area contributed by atoms with Gasteiger partial charge in [0.1, 0.15) is 0 Å². The van der Waals surface area contributed by atoms with Gasteiger partial charge in [-0.1, -0.05) is 32.8 Å².